The summed E-state index contributed by atoms with van der Waals surface area (Å²) in [5.74, 6) is -1.68. The van der Waals surface area contributed by atoms with Gasteiger partial charge < -0.3 is 5.32 Å². The number of anilines is 1. The normalized spacial score (nSPS) is 10.1. The summed E-state index contributed by atoms with van der Waals surface area (Å²) < 4.78 is 13.4. The second-order valence-electron chi connectivity index (χ2n) is 3.75. The molecule has 1 amide bonds. The van der Waals surface area contributed by atoms with E-state index >= 15 is 0 Å². The molecule has 2 aromatic rings. The fourth-order valence-corrected chi connectivity index (χ4v) is 1.56. The van der Waals surface area contributed by atoms with Gasteiger partial charge in [-0.05, 0) is 24.3 Å². The summed E-state index contributed by atoms with van der Waals surface area (Å²) >= 11 is 5.60. The van der Waals surface area contributed by atoms with Gasteiger partial charge in [0.05, 0.1) is 16.8 Å². The van der Waals surface area contributed by atoms with Crippen LogP contribution in [0, 0.1) is 15.9 Å². The van der Waals surface area contributed by atoms with Gasteiger partial charge in [-0.25, -0.2) is 4.98 Å². The molecule has 0 aliphatic heterocycles. The van der Waals surface area contributed by atoms with E-state index in [9.17, 15) is 19.3 Å². The summed E-state index contributed by atoms with van der Waals surface area (Å²) in [7, 11) is 0. The molecular weight excluding hydrogens is 289 g/mol. The Labute approximate surface area is 117 Å². The number of hydrogen-bond acceptors (Lipinski definition) is 4. The Balaban J connectivity index is 2.19. The Kier molecular flexibility index (Phi) is 3.90. The van der Waals surface area contributed by atoms with Crippen LogP contribution in [0.5, 0.6) is 0 Å². The number of nitro benzene ring substituents is 1. The van der Waals surface area contributed by atoms with Gasteiger partial charge >= 0.3 is 5.69 Å². The lowest BCUT2D eigenvalue weighted by atomic mass is 10.2. The van der Waals surface area contributed by atoms with Gasteiger partial charge in [0.2, 0.25) is 5.82 Å². The first kappa shape index (κ1) is 13.9. The highest BCUT2D eigenvalue weighted by molar-refractivity contribution is 6.29. The van der Waals surface area contributed by atoms with Gasteiger partial charge in [0.1, 0.15) is 5.15 Å². The molecule has 0 bridgehead atoms. The van der Waals surface area contributed by atoms with Crippen LogP contribution < -0.4 is 5.32 Å². The second kappa shape index (κ2) is 5.62. The van der Waals surface area contributed by atoms with Crippen molar-refractivity contribution in [3.05, 3.63) is 63.2 Å². The third kappa shape index (κ3) is 3.07. The van der Waals surface area contributed by atoms with E-state index in [1.807, 2.05) is 0 Å². The van der Waals surface area contributed by atoms with Crippen molar-refractivity contribution in [1.29, 1.82) is 0 Å². The molecule has 6 nitrogen and oxygen atoms in total. The molecule has 1 heterocycles. The highest BCUT2D eigenvalue weighted by Crippen LogP contribution is 2.19. The first-order valence-electron chi connectivity index (χ1n) is 5.34. The average molecular weight is 296 g/mol. The smallest absolute Gasteiger partial charge is 0.304 e. The fraction of sp³-hybridized carbons (Fsp3) is 0. The molecule has 1 N–H and O–H groups in total. The van der Waals surface area contributed by atoms with E-state index in [1.54, 1.807) is 0 Å². The van der Waals surface area contributed by atoms with Crippen molar-refractivity contribution in [2.45, 2.75) is 0 Å². The Bertz CT molecular complexity index is 676. The molecule has 1 aromatic heterocycles. The SMILES string of the molecule is O=C(Nc1ccc(Cl)nc1)c1ccc([N+](=O)[O-])c(F)c1. The lowest BCUT2D eigenvalue weighted by Crippen LogP contribution is -2.12. The lowest BCUT2D eigenvalue weighted by Gasteiger charge is -2.05. The molecule has 0 saturated heterocycles. The summed E-state index contributed by atoms with van der Waals surface area (Å²) in [5.41, 5.74) is -0.351. The van der Waals surface area contributed by atoms with Gasteiger partial charge in [-0.3, -0.25) is 14.9 Å². The molecule has 2 rings (SSSR count). The van der Waals surface area contributed by atoms with Gasteiger partial charge in [-0.2, -0.15) is 4.39 Å². The van der Waals surface area contributed by atoms with Crippen LogP contribution in [0.4, 0.5) is 15.8 Å². The van der Waals surface area contributed by atoms with Crippen LogP contribution in [-0.4, -0.2) is 15.8 Å². The Hall–Kier alpha value is -2.54. The van der Waals surface area contributed by atoms with E-state index in [0.717, 1.165) is 12.1 Å². The molecule has 8 heteroatoms. The first-order valence-corrected chi connectivity index (χ1v) is 5.72. The molecular formula is C12H7ClFN3O3. The molecule has 0 fully saturated rings. The van der Waals surface area contributed by atoms with Crippen LogP contribution in [0.1, 0.15) is 10.4 Å². The minimum atomic E-state index is -1.07. The molecule has 0 atom stereocenters. The number of benzene rings is 1. The lowest BCUT2D eigenvalue weighted by molar-refractivity contribution is -0.387. The van der Waals surface area contributed by atoms with Crippen molar-refractivity contribution >= 4 is 28.9 Å². The summed E-state index contributed by atoms with van der Waals surface area (Å²) in [6.45, 7) is 0. The van der Waals surface area contributed by atoms with Crippen LogP contribution in [0.15, 0.2) is 36.5 Å². The quantitative estimate of drug-likeness (QED) is 0.536. The predicted molar refractivity (Wildman–Crippen MR) is 70.3 cm³/mol. The largest absolute Gasteiger partial charge is 0.321 e. The number of carbonyl (C=O) groups excluding carboxylic acids is 1. The number of pyridine rings is 1. The number of rotatable bonds is 3. The molecule has 20 heavy (non-hydrogen) atoms. The maximum absolute atomic E-state index is 13.4. The standard InChI is InChI=1S/C12H7ClFN3O3/c13-11-4-2-8(6-15-11)16-12(18)7-1-3-10(17(19)20)9(14)5-7/h1-6H,(H,16,18). The van der Waals surface area contributed by atoms with E-state index in [1.165, 1.54) is 24.4 Å². The van der Waals surface area contributed by atoms with E-state index in [4.69, 9.17) is 11.6 Å². The number of nitro groups is 1. The zero-order valence-corrected chi connectivity index (χ0v) is 10.6. The van der Waals surface area contributed by atoms with Gasteiger partial charge in [0.15, 0.2) is 0 Å². The highest BCUT2D eigenvalue weighted by Gasteiger charge is 2.16. The number of nitrogens with zero attached hydrogens (tertiary/aromatic N) is 2. The molecule has 0 unspecified atom stereocenters. The van der Waals surface area contributed by atoms with Crippen LogP contribution in [0.25, 0.3) is 0 Å². The van der Waals surface area contributed by atoms with E-state index in [0.29, 0.717) is 5.69 Å². The topological polar surface area (TPSA) is 85.1 Å². The van der Waals surface area contributed by atoms with Gasteiger partial charge in [0, 0.05) is 11.6 Å². The Morgan fingerprint density at radius 2 is 2.10 bits per heavy atom. The third-order valence-electron chi connectivity index (χ3n) is 2.39. The average Bonchev–Trinajstić information content (AvgIpc) is 2.40. The monoisotopic (exact) mass is 295 g/mol. The Morgan fingerprint density at radius 3 is 2.65 bits per heavy atom. The van der Waals surface area contributed by atoms with Crippen molar-refractivity contribution in [2.75, 3.05) is 5.32 Å². The minimum Gasteiger partial charge on any atom is -0.321 e. The maximum Gasteiger partial charge on any atom is 0.304 e. The maximum atomic E-state index is 13.4. The van der Waals surface area contributed by atoms with Crippen molar-refractivity contribution < 1.29 is 14.1 Å². The van der Waals surface area contributed by atoms with E-state index < -0.39 is 22.3 Å². The number of carbonyl (C=O) groups is 1. The highest BCUT2D eigenvalue weighted by atomic mass is 35.5. The van der Waals surface area contributed by atoms with Gasteiger partial charge in [-0.15, -0.1) is 0 Å². The molecule has 102 valence electrons. The number of halogens is 2. The van der Waals surface area contributed by atoms with Crippen LogP contribution in [0.3, 0.4) is 0 Å². The van der Waals surface area contributed by atoms with Crippen LogP contribution in [0.2, 0.25) is 5.15 Å². The molecule has 1 aromatic carbocycles. The van der Waals surface area contributed by atoms with E-state index in [2.05, 4.69) is 10.3 Å². The van der Waals surface area contributed by atoms with Crippen molar-refractivity contribution in [2.24, 2.45) is 0 Å². The molecule has 0 aliphatic carbocycles. The number of amides is 1. The summed E-state index contributed by atoms with van der Waals surface area (Å²) in [6.07, 6.45) is 1.34. The zero-order valence-electron chi connectivity index (χ0n) is 9.84. The summed E-state index contributed by atoms with van der Waals surface area (Å²) in [5, 5.41) is 13.2. The first-order chi connectivity index (χ1) is 9.47. The minimum absolute atomic E-state index is 0.0388. The third-order valence-corrected chi connectivity index (χ3v) is 2.62. The van der Waals surface area contributed by atoms with Crippen molar-refractivity contribution in [3.63, 3.8) is 0 Å². The molecule has 0 radical (unpaired) electrons. The molecule has 0 saturated carbocycles. The fourth-order valence-electron chi connectivity index (χ4n) is 1.45. The van der Waals surface area contributed by atoms with E-state index in [-0.39, 0.29) is 10.7 Å². The Morgan fingerprint density at radius 1 is 1.35 bits per heavy atom. The van der Waals surface area contributed by atoms with Crippen molar-refractivity contribution in [1.82, 2.24) is 4.98 Å². The summed E-state index contributed by atoms with van der Waals surface area (Å²) in [4.78, 5) is 25.2. The molecule has 0 aliphatic rings. The van der Waals surface area contributed by atoms with Crippen LogP contribution in [-0.2, 0) is 0 Å². The van der Waals surface area contributed by atoms with Gasteiger partial charge in [0.25, 0.3) is 5.91 Å². The predicted octanol–water partition coefficient (Wildman–Crippen LogP) is 3.03. The molecule has 0 spiro atoms. The number of nitrogens with one attached hydrogen (secondary N) is 1. The second-order valence-corrected chi connectivity index (χ2v) is 4.13. The van der Waals surface area contributed by atoms with Crippen molar-refractivity contribution in [3.8, 4) is 0 Å². The number of hydrogen-bond donors (Lipinski definition) is 1. The van der Waals surface area contributed by atoms with Gasteiger partial charge in [-0.1, -0.05) is 11.6 Å². The summed E-state index contributed by atoms with van der Waals surface area (Å²) in [6, 6.07) is 5.91. The number of aromatic nitrogens is 1. The zero-order chi connectivity index (χ0) is 14.7. The van der Waals surface area contributed by atoms with Crippen LogP contribution >= 0.6 is 11.6 Å².